The van der Waals surface area contributed by atoms with E-state index in [9.17, 15) is 4.79 Å². The second-order valence-corrected chi connectivity index (χ2v) is 39.0. The van der Waals surface area contributed by atoms with Gasteiger partial charge in [-0.2, -0.15) is 0 Å². The van der Waals surface area contributed by atoms with E-state index in [2.05, 4.69) is 85.4 Å². The summed E-state index contributed by atoms with van der Waals surface area (Å²) in [5.74, 6) is -0.954. The van der Waals surface area contributed by atoms with Crippen LogP contribution in [0.3, 0.4) is 0 Å². The van der Waals surface area contributed by atoms with Gasteiger partial charge in [-0.05, 0) is 19.4 Å². The summed E-state index contributed by atoms with van der Waals surface area (Å²) in [6.45, 7) is 21.4. The molecule has 3 aromatic rings. The van der Waals surface area contributed by atoms with E-state index in [-0.39, 0.29) is 42.8 Å². The molecule has 0 radical (unpaired) electrons. The van der Waals surface area contributed by atoms with Gasteiger partial charge in [0, 0.05) is 12.0 Å². The van der Waals surface area contributed by atoms with Gasteiger partial charge in [-0.1, -0.05) is 97.1 Å². The number of halogens is 1. The van der Waals surface area contributed by atoms with E-state index in [1.54, 1.807) is 0 Å². The van der Waals surface area contributed by atoms with E-state index in [0.717, 1.165) is 34.0 Å². The van der Waals surface area contributed by atoms with Gasteiger partial charge in [-0.25, -0.2) is 0 Å². The number of hydrogen-bond acceptors (Lipinski definition) is 12. The monoisotopic (exact) mass is 1250 g/mol. The van der Waals surface area contributed by atoms with Crippen molar-refractivity contribution in [3.8, 4) is 0 Å². The Hall–Kier alpha value is -2.86. The van der Waals surface area contributed by atoms with Crippen LogP contribution in [-0.2, 0) is 70.1 Å². The maximum absolute atomic E-state index is 13.6. The number of carbonyl (C=O) groups excluding carboxylic acids is 1. The van der Waals surface area contributed by atoms with Crippen LogP contribution in [0.15, 0.2) is 116 Å². The molecule has 81 heavy (non-hydrogen) atoms. The van der Waals surface area contributed by atoms with Crippen molar-refractivity contribution in [2.45, 2.75) is 253 Å². The molecular formula is C67H97ClO12Sn. The summed E-state index contributed by atoms with van der Waals surface area (Å²) in [6, 6.07) is 30.6. The Balaban J connectivity index is 1.06. The Kier molecular flexibility index (Phi) is 24.1. The summed E-state index contributed by atoms with van der Waals surface area (Å²) in [6.07, 6.45) is 13.3. The molecule has 12 nitrogen and oxygen atoms in total. The van der Waals surface area contributed by atoms with Crippen LogP contribution in [0.25, 0.3) is 0 Å². The standard InChI is InChI=1S/C55H70ClO12.3C4H9.Sn/c1-7-26-52(3)48(33-53(4)45(67-52)32-44-54(5,68-53)37-61-51(64-44)40-23-16-11-17-24-40)63-50(65-49(57)34-56)31-43-42(59-27-8-2)30-47-55(6,66-43)46(60-36-39-21-14-10-15-22-39)29-41(62-47)25-18-28-58-35-38-19-12-9-13-20-38;3*1-3-4-2;/h7-17,19-24,27,41-48,50-51H,1-2,18,25-26,28-37H2,3-6H3;3*1,3-4H2,2H3;/b27-8+;;;;/t41-,42+,43-,44+,45-,46+,47-,48-,50?,51-,52+,53+,54-,55+;;;;/m1..../s1. The van der Waals surface area contributed by atoms with Crippen molar-refractivity contribution in [3.63, 3.8) is 0 Å². The van der Waals surface area contributed by atoms with Gasteiger partial charge in [0.2, 0.25) is 0 Å². The summed E-state index contributed by atoms with van der Waals surface area (Å²) in [5, 5.41) is 0. The van der Waals surface area contributed by atoms with E-state index in [1.807, 2.05) is 79.1 Å². The van der Waals surface area contributed by atoms with Crippen molar-refractivity contribution >= 4 is 35.9 Å². The predicted molar refractivity (Wildman–Crippen MR) is 321 cm³/mol. The molecule has 0 aromatic heterocycles. The molecule has 14 heteroatoms. The maximum atomic E-state index is 13.6. The number of esters is 1. The summed E-state index contributed by atoms with van der Waals surface area (Å²) < 4.78 is 81.1. The van der Waals surface area contributed by atoms with Gasteiger partial charge in [-0.3, -0.25) is 0 Å². The zero-order valence-electron chi connectivity index (χ0n) is 49.9. The molecule has 5 aliphatic heterocycles. The molecule has 0 saturated carbocycles. The van der Waals surface area contributed by atoms with Crippen LogP contribution in [0.5, 0.6) is 0 Å². The van der Waals surface area contributed by atoms with Crippen LogP contribution in [-0.4, -0.2) is 121 Å². The van der Waals surface area contributed by atoms with Crippen LogP contribution in [0.1, 0.15) is 161 Å². The normalized spacial score (nSPS) is 32.5. The molecule has 5 saturated heterocycles. The zero-order chi connectivity index (χ0) is 57.4. The van der Waals surface area contributed by atoms with Crippen LogP contribution in [0.4, 0.5) is 0 Å². The molecule has 0 bridgehead atoms. The van der Waals surface area contributed by atoms with Crippen molar-refractivity contribution in [1.82, 2.24) is 0 Å². The third-order valence-corrected chi connectivity index (χ3v) is 33.6. The van der Waals surface area contributed by atoms with Gasteiger partial charge in [0.05, 0.1) is 25.4 Å². The molecule has 448 valence electrons. The van der Waals surface area contributed by atoms with Crippen LogP contribution >= 0.6 is 11.6 Å². The van der Waals surface area contributed by atoms with Crippen molar-refractivity contribution < 1.29 is 56.9 Å². The molecule has 8 rings (SSSR count). The molecule has 0 N–H and O–H groups in total. The minimum atomic E-state index is -2.56. The minimum absolute atomic E-state index is 0.0951. The van der Waals surface area contributed by atoms with Gasteiger partial charge in [0.25, 0.3) is 0 Å². The quantitative estimate of drug-likeness (QED) is 0.0116. The van der Waals surface area contributed by atoms with Crippen LogP contribution in [0.2, 0.25) is 17.7 Å². The average Bonchev–Trinajstić information content (AvgIpc) is 3.54. The van der Waals surface area contributed by atoms with Gasteiger partial charge in [0.15, 0.2) is 6.29 Å². The number of unbranched alkanes of at least 4 members (excludes halogenated alkanes) is 3. The number of benzene rings is 3. The van der Waals surface area contributed by atoms with Gasteiger partial charge < -0.3 is 18.9 Å². The first-order valence-corrected chi connectivity index (χ1v) is 39.4. The molecule has 0 amide bonds. The topological polar surface area (TPSA) is 119 Å². The molecule has 5 aliphatic rings. The van der Waals surface area contributed by atoms with Crippen LogP contribution in [0, 0.1) is 0 Å². The Morgan fingerprint density at radius 2 is 1.42 bits per heavy atom. The molecule has 5 heterocycles. The molecule has 0 spiro atoms. The first kappa shape index (κ1) is 64.1. The first-order chi connectivity index (χ1) is 39.2. The third kappa shape index (κ3) is 17.0. The zero-order valence-corrected chi connectivity index (χ0v) is 53.5. The number of ether oxygens (including phenoxy) is 11. The number of allylic oxidation sites excluding steroid dienone is 1. The molecular weight excluding hydrogens is 1150 g/mol. The average molecular weight is 1250 g/mol. The Morgan fingerprint density at radius 1 is 0.765 bits per heavy atom. The SMILES string of the molecule is C=CC[C@]1(C)O[C@@H]2C[C@@H]3O[C@H](c4ccccc4)OC[C@@]3(C)O[C@@]2(C)C[C@H]1OC(C[C@H]1O[C@@]2(C)[C@@H](OCc3ccccc3)C[C@@H](CCCOCc3ccccc3)O[C@@H]2C[C@@H]1O/C=C/[CH2][Sn]([CH2]CCC)([CH2]CCC)[CH2]CCC)OC(=O)CCl. The fourth-order valence-electron chi connectivity index (χ4n) is 13.4. The van der Waals surface area contributed by atoms with E-state index in [4.69, 9.17) is 63.7 Å². The Labute approximate surface area is 494 Å². The first-order valence-electron chi connectivity index (χ1n) is 30.8. The molecule has 3 aromatic carbocycles. The summed E-state index contributed by atoms with van der Waals surface area (Å²) >= 11 is 3.71. The number of fused-ring (bicyclic) bond motifs is 3. The predicted octanol–water partition coefficient (Wildman–Crippen LogP) is 15.1. The second-order valence-electron chi connectivity index (χ2n) is 24.8. The number of carbonyl (C=O) groups is 1. The third-order valence-electron chi connectivity index (χ3n) is 18.2. The Morgan fingerprint density at radius 3 is 2.06 bits per heavy atom. The fraction of sp³-hybridized carbons (Fsp3) is 0.657. The van der Waals surface area contributed by atoms with E-state index in [0.29, 0.717) is 58.5 Å². The van der Waals surface area contributed by atoms with Crippen molar-refractivity contribution in [3.05, 3.63) is 133 Å². The Bertz CT molecular complexity index is 2360. The summed E-state index contributed by atoms with van der Waals surface area (Å²) in [4.78, 5) is 13.6. The number of hydrogen-bond donors (Lipinski definition) is 0. The van der Waals surface area contributed by atoms with Crippen molar-refractivity contribution in [2.24, 2.45) is 0 Å². The fourth-order valence-corrected chi connectivity index (χ4v) is 28.5. The van der Waals surface area contributed by atoms with Crippen LogP contribution < -0.4 is 0 Å². The summed E-state index contributed by atoms with van der Waals surface area (Å²) in [5.41, 5.74) is -0.185. The van der Waals surface area contributed by atoms with Gasteiger partial charge in [-0.15, -0.1) is 6.58 Å². The molecule has 1 unspecified atom stereocenters. The van der Waals surface area contributed by atoms with E-state index >= 15 is 0 Å². The molecule has 0 aliphatic carbocycles. The second kappa shape index (κ2) is 30.5. The van der Waals surface area contributed by atoms with E-state index in [1.165, 1.54) is 51.8 Å². The van der Waals surface area contributed by atoms with Gasteiger partial charge in [0.1, 0.15) is 5.60 Å². The molecule has 5 fully saturated rings. The summed E-state index contributed by atoms with van der Waals surface area (Å²) in [7, 11) is 0. The number of alkyl halides is 1. The van der Waals surface area contributed by atoms with Crippen molar-refractivity contribution in [1.29, 1.82) is 0 Å². The van der Waals surface area contributed by atoms with E-state index < -0.39 is 77.6 Å². The van der Waals surface area contributed by atoms with Crippen molar-refractivity contribution in [2.75, 3.05) is 19.1 Å². The van der Waals surface area contributed by atoms with Gasteiger partial charge >= 0.3 is 306 Å². The molecule has 14 atom stereocenters. The number of rotatable bonds is 31.